The third-order valence-electron chi connectivity index (χ3n) is 2.79. The lowest BCUT2D eigenvalue weighted by Gasteiger charge is -2.10. The van der Waals surface area contributed by atoms with Crippen molar-refractivity contribution in [3.63, 3.8) is 0 Å². The van der Waals surface area contributed by atoms with Gasteiger partial charge in [0, 0.05) is 23.4 Å². The molecule has 4 nitrogen and oxygen atoms in total. The van der Waals surface area contributed by atoms with Crippen molar-refractivity contribution in [1.82, 2.24) is 9.55 Å². The highest BCUT2D eigenvalue weighted by Gasteiger charge is 2.15. The summed E-state index contributed by atoms with van der Waals surface area (Å²) in [4.78, 5) is 16.2. The van der Waals surface area contributed by atoms with E-state index in [0.717, 1.165) is 10.0 Å². The summed E-state index contributed by atoms with van der Waals surface area (Å²) < 4.78 is 2.73. The van der Waals surface area contributed by atoms with Crippen LogP contribution in [0.25, 0.3) is 0 Å². The van der Waals surface area contributed by atoms with Gasteiger partial charge in [0.15, 0.2) is 5.15 Å². The molecule has 2 rings (SSSR count). The van der Waals surface area contributed by atoms with Crippen molar-refractivity contribution in [1.29, 1.82) is 0 Å². The smallest absolute Gasteiger partial charge is 0.272 e. The number of amides is 1. The fraction of sp³-hybridized carbons (Fsp3) is 0.231. The van der Waals surface area contributed by atoms with Gasteiger partial charge in [-0.15, -0.1) is 0 Å². The molecule has 1 amide bonds. The Balaban J connectivity index is 2.31. The monoisotopic (exact) mass is 341 g/mol. The summed E-state index contributed by atoms with van der Waals surface area (Å²) in [7, 11) is 0. The van der Waals surface area contributed by atoms with Gasteiger partial charge in [-0.05, 0) is 47.5 Å². The molecule has 100 valence electrons. The SMILES string of the molecule is CCn1cc(Br)cc1C(=O)Nc1c(C)ccnc1Cl. The summed E-state index contributed by atoms with van der Waals surface area (Å²) in [5.41, 5.74) is 2.00. The van der Waals surface area contributed by atoms with Crippen LogP contribution in [0.3, 0.4) is 0 Å². The van der Waals surface area contributed by atoms with Crippen LogP contribution in [0.4, 0.5) is 5.69 Å². The van der Waals surface area contributed by atoms with Gasteiger partial charge in [-0.3, -0.25) is 4.79 Å². The largest absolute Gasteiger partial charge is 0.343 e. The Kier molecular flexibility index (Phi) is 4.27. The maximum atomic E-state index is 12.3. The normalized spacial score (nSPS) is 10.5. The van der Waals surface area contributed by atoms with E-state index in [1.165, 1.54) is 0 Å². The lowest BCUT2D eigenvalue weighted by Crippen LogP contribution is -2.17. The Labute approximate surface area is 124 Å². The van der Waals surface area contributed by atoms with Crippen LogP contribution in [0.5, 0.6) is 0 Å². The van der Waals surface area contributed by atoms with Crippen molar-refractivity contribution in [3.8, 4) is 0 Å². The highest BCUT2D eigenvalue weighted by Crippen LogP contribution is 2.24. The molecule has 2 aromatic heterocycles. The number of nitrogens with zero attached hydrogens (tertiary/aromatic N) is 2. The summed E-state index contributed by atoms with van der Waals surface area (Å²) in [5.74, 6) is -0.203. The number of anilines is 1. The maximum Gasteiger partial charge on any atom is 0.272 e. The minimum absolute atomic E-state index is 0.203. The molecule has 6 heteroatoms. The van der Waals surface area contributed by atoms with Crippen molar-refractivity contribution in [2.24, 2.45) is 0 Å². The lowest BCUT2D eigenvalue weighted by molar-refractivity contribution is 0.101. The number of hydrogen-bond donors (Lipinski definition) is 1. The van der Waals surface area contributed by atoms with E-state index < -0.39 is 0 Å². The van der Waals surface area contributed by atoms with Gasteiger partial charge in [0.05, 0.1) is 5.69 Å². The summed E-state index contributed by atoms with van der Waals surface area (Å²) in [6.07, 6.45) is 3.48. The first-order chi connectivity index (χ1) is 9.02. The predicted molar refractivity (Wildman–Crippen MR) is 79.7 cm³/mol. The molecule has 2 aromatic rings. The number of hydrogen-bond acceptors (Lipinski definition) is 2. The standard InChI is InChI=1S/C13H13BrClN3O/c1-3-18-7-9(14)6-10(18)13(19)17-11-8(2)4-5-16-12(11)15/h4-7H,3H2,1-2H3,(H,17,19). The highest BCUT2D eigenvalue weighted by atomic mass is 79.9. The Bertz CT molecular complexity index is 604. The van der Waals surface area contributed by atoms with Gasteiger partial charge in [-0.2, -0.15) is 0 Å². The fourth-order valence-electron chi connectivity index (χ4n) is 1.78. The van der Waals surface area contributed by atoms with E-state index >= 15 is 0 Å². The molecule has 0 aliphatic rings. The van der Waals surface area contributed by atoms with Gasteiger partial charge in [0.2, 0.25) is 0 Å². The Morgan fingerprint density at radius 2 is 2.32 bits per heavy atom. The second kappa shape index (κ2) is 5.75. The van der Waals surface area contributed by atoms with Crippen LogP contribution in [0.1, 0.15) is 23.0 Å². The van der Waals surface area contributed by atoms with Gasteiger partial charge in [-0.1, -0.05) is 11.6 Å². The van der Waals surface area contributed by atoms with Crippen molar-refractivity contribution in [2.75, 3.05) is 5.32 Å². The second-order valence-corrected chi connectivity index (χ2v) is 5.35. The molecule has 0 bridgehead atoms. The number of halogens is 2. The average Bonchev–Trinajstić information content (AvgIpc) is 2.75. The number of carbonyl (C=O) groups excluding carboxylic acids is 1. The number of carbonyl (C=O) groups is 1. The molecule has 0 aromatic carbocycles. The van der Waals surface area contributed by atoms with Crippen LogP contribution in [-0.4, -0.2) is 15.5 Å². The van der Waals surface area contributed by atoms with Gasteiger partial charge < -0.3 is 9.88 Å². The second-order valence-electron chi connectivity index (χ2n) is 4.08. The van der Waals surface area contributed by atoms with E-state index in [1.807, 2.05) is 24.6 Å². The molecule has 2 heterocycles. The molecule has 0 atom stereocenters. The highest BCUT2D eigenvalue weighted by molar-refractivity contribution is 9.10. The van der Waals surface area contributed by atoms with Crippen LogP contribution < -0.4 is 5.32 Å². The first kappa shape index (κ1) is 14.1. The minimum atomic E-state index is -0.203. The van der Waals surface area contributed by atoms with Gasteiger partial charge in [0.1, 0.15) is 5.69 Å². The van der Waals surface area contributed by atoms with Gasteiger partial charge in [-0.25, -0.2) is 4.98 Å². The molecule has 19 heavy (non-hydrogen) atoms. The quantitative estimate of drug-likeness (QED) is 0.861. The van der Waals surface area contributed by atoms with Gasteiger partial charge >= 0.3 is 0 Å². The van der Waals surface area contributed by atoms with E-state index in [4.69, 9.17) is 11.6 Å². The molecule has 0 saturated heterocycles. The number of nitrogens with one attached hydrogen (secondary N) is 1. The number of pyridine rings is 1. The Morgan fingerprint density at radius 1 is 1.58 bits per heavy atom. The van der Waals surface area contributed by atoms with Crippen molar-refractivity contribution in [2.45, 2.75) is 20.4 Å². The third-order valence-corrected chi connectivity index (χ3v) is 3.51. The van der Waals surface area contributed by atoms with Crippen molar-refractivity contribution in [3.05, 3.63) is 45.4 Å². The molecular weight excluding hydrogens is 330 g/mol. The Hall–Kier alpha value is -1.33. The molecular formula is C13H13BrClN3O. The minimum Gasteiger partial charge on any atom is -0.343 e. The van der Waals surface area contributed by atoms with E-state index in [2.05, 4.69) is 26.2 Å². The number of aromatic nitrogens is 2. The Morgan fingerprint density at radius 3 is 2.95 bits per heavy atom. The van der Waals surface area contributed by atoms with Crippen LogP contribution in [0.2, 0.25) is 5.15 Å². The van der Waals surface area contributed by atoms with Crippen molar-refractivity contribution >= 4 is 39.1 Å². The lowest BCUT2D eigenvalue weighted by atomic mass is 10.2. The van der Waals surface area contributed by atoms with E-state index in [9.17, 15) is 4.79 Å². The maximum absolute atomic E-state index is 12.3. The number of rotatable bonds is 3. The van der Waals surface area contributed by atoms with Crippen LogP contribution in [0.15, 0.2) is 29.0 Å². The first-order valence-corrected chi connectivity index (χ1v) is 6.98. The summed E-state index contributed by atoms with van der Waals surface area (Å²) in [6.45, 7) is 4.57. The molecule has 0 radical (unpaired) electrons. The molecule has 1 N–H and O–H groups in total. The van der Waals surface area contributed by atoms with Gasteiger partial charge in [0.25, 0.3) is 5.91 Å². The first-order valence-electron chi connectivity index (χ1n) is 5.81. The fourth-order valence-corrected chi connectivity index (χ4v) is 2.50. The van der Waals surface area contributed by atoms with E-state index in [1.54, 1.807) is 18.3 Å². The van der Waals surface area contributed by atoms with E-state index in [-0.39, 0.29) is 5.91 Å². The molecule has 0 unspecified atom stereocenters. The zero-order chi connectivity index (χ0) is 14.0. The molecule has 0 aliphatic carbocycles. The van der Waals surface area contributed by atoms with Crippen LogP contribution >= 0.6 is 27.5 Å². The average molecular weight is 343 g/mol. The van der Waals surface area contributed by atoms with Crippen LogP contribution in [-0.2, 0) is 6.54 Å². The zero-order valence-electron chi connectivity index (χ0n) is 10.6. The van der Waals surface area contributed by atoms with Crippen molar-refractivity contribution < 1.29 is 4.79 Å². The zero-order valence-corrected chi connectivity index (χ0v) is 12.9. The summed E-state index contributed by atoms with van der Waals surface area (Å²) >= 11 is 9.37. The topological polar surface area (TPSA) is 46.9 Å². The molecule has 0 saturated carbocycles. The number of aryl methyl sites for hydroxylation is 2. The van der Waals surface area contributed by atoms with E-state index in [0.29, 0.717) is 23.1 Å². The summed E-state index contributed by atoms with van der Waals surface area (Å²) in [6, 6.07) is 3.58. The molecule has 0 fully saturated rings. The van der Waals surface area contributed by atoms with Crippen LogP contribution in [0, 0.1) is 6.92 Å². The molecule has 0 spiro atoms. The summed E-state index contributed by atoms with van der Waals surface area (Å²) in [5, 5.41) is 3.10. The third kappa shape index (κ3) is 2.98. The predicted octanol–water partition coefficient (Wildman–Crippen LogP) is 3.88. The molecule has 0 aliphatic heterocycles.